The van der Waals surface area contributed by atoms with Crippen LogP contribution in [-0.2, 0) is 4.74 Å². The van der Waals surface area contributed by atoms with Crippen molar-refractivity contribution < 1.29 is 4.74 Å². The highest BCUT2D eigenvalue weighted by atomic mass is 16.5. The number of nitrogens with zero attached hydrogens (tertiary/aromatic N) is 1. The summed E-state index contributed by atoms with van der Waals surface area (Å²) in [5.41, 5.74) is 0.344. The molecule has 0 saturated carbocycles. The van der Waals surface area contributed by atoms with E-state index in [9.17, 15) is 0 Å². The second-order valence-corrected chi connectivity index (χ2v) is 5.54. The van der Waals surface area contributed by atoms with Crippen LogP contribution >= 0.6 is 0 Å². The molecule has 90 valence electrons. The first-order valence-electron chi connectivity index (χ1n) is 5.94. The van der Waals surface area contributed by atoms with Crippen LogP contribution in [0.1, 0.15) is 26.7 Å². The van der Waals surface area contributed by atoms with Crippen molar-refractivity contribution in [3.8, 4) is 0 Å². The average Bonchev–Trinajstić information content (AvgIpc) is 2.59. The van der Waals surface area contributed by atoms with E-state index in [4.69, 9.17) is 4.74 Å². The molecule has 3 heteroatoms. The minimum Gasteiger partial charge on any atom is -0.385 e. The lowest BCUT2D eigenvalue weighted by Crippen LogP contribution is -2.38. The van der Waals surface area contributed by atoms with E-state index < -0.39 is 0 Å². The summed E-state index contributed by atoms with van der Waals surface area (Å²) in [7, 11) is 3.97. The zero-order chi connectivity index (χ0) is 11.3. The molecule has 0 aromatic rings. The highest BCUT2D eigenvalue weighted by Crippen LogP contribution is 2.19. The number of hydrogen-bond donors (Lipinski definition) is 1. The van der Waals surface area contributed by atoms with Crippen LogP contribution in [0.3, 0.4) is 0 Å². The topological polar surface area (TPSA) is 24.5 Å². The van der Waals surface area contributed by atoms with E-state index in [-0.39, 0.29) is 0 Å². The number of methoxy groups -OCH3 is 1. The van der Waals surface area contributed by atoms with E-state index in [1.807, 2.05) is 0 Å². The Morgan fingerprint density at radius 1 is 1.47 bits per heavy atom. The summed E-state index contributed by atoms with van der Waals surface area (Å²) in [5, 5.41) is 3.66. The minimum absolute atomic E-state index is 0.344. The van der Waals surface area contributed by atoms with Crippen LogP contribution in [-0.4, -0.2) is 51.3 Å². The van der Waals surface area contributed by atoms with Crippen molar-refractivity contribution in [3.63, 3.8) is 0 Å². The summed E-state index contributed by atoms with van der Waals surface area (Å²) in [6, 6.07) is 0.691. The number of nitrogens with one attached hydrogen (secondary N) is 1. The van der Waals surface area contributed by atoms with Crippen molar-refractivity contribution >= 4 is 0 Å². The van der Waals surface area contributed by atoms with Crippen molar-refractivity contribution in [3.05, 3.63) is 0 Å². The lowest BCUT2D eigenvalue weighted by molar-refractivity contribution is 0.149. The maximum absolute atomic E-state index is 5.13. The standard InChI is InChI=1S/C12H26N2O/c1-12(2,6-8-15-4)10-13-11-5-7-14(3)9-11/h11,13H,5-10H2,1-4H3. The van der Waals surface area contributed by atoms with E-state index in [2.05, 4.69) is 31.1 Å². The number of ether oxygens (including phenoxy) is 1. The number of likely N-dealkylation sites (N-methyl/N-ethyl adjacent to an activating group) is 1. The molecule has 1 aliphatic heterocycles. The second kappa shape index (κ2) is 5.83. The van der Waals surface area contributed by atoms with Crippen molar-refractivity contribution in [2.24, 2.45) is 5.41 Å². The van der Waals surface area contributed by atoms with Gasteiger partial charge >= 0.3 is 0 Å². The van der Waals surface area contributed by atoms with Crippen LogP contribution in [0.2, 0.25) is 0 Å². The Hall–Kier alpha value is -0.120. The summed E-state index contributed by atoms with van der Waals surface area (Å²) in [4.78, 5) is 2.39. The first-order chi connectivity index (χ1) is 7.03. The molecule has 1 rings (SSSR count). The van der Waals surface area contributed by atoms with E-state index in [1.165, 1.54) is 19.5 Å². The predicted octanol–water partition coefficient (Wildman–Crippen LogP) is 1.34. The molecule has 3 nitrogen and oxygen atoms in total. The van der Waals surface area contributed by atoms with Crippen LogP contribution in [0.5, 0.6) is 0 Å². The molecule has 1 saturated heterocycles. The summed E-state index contributed by atoms with van der Waals surface area (Å²) >= 11 is 0. The third kappa shape index (κ3) is 4.96. The Labute approximate surface area is 94.2 Å². The van der Waals surface area contributed by atoms with Crippen LogP contribution in [0.4, 0.5) is 0 Å². The molecule has 0 radical (unpaired) electrons. The molecule has 1 fully saturated rings. The molecule has 0 aliphatic carbocycles. The summed E-state index contributed by atoms with van der Waals surface area (Å²) in [6.45, 7) is 8.99. The highest BCUT2D eigenvalue weighted by Gasteiger charge is 2.23. The Morgan fingerprint density at radius 3 is 2.73 bits per heavy atom. The van der Waals surface area contributed by atoms with Crippen molar-refractivity contribution in [1.29, 1.82) is 0 Å². The lowest BCUT2D eigenvalue weighted by Gasteiger charge is -2.26. The van der Waals surface area contributed by atoms with Crippen LogP contribution < -0.4 is 5.32 Å². The number of likely N-dealkylation sites (tertiary alicyclic amines) is 1. The highest BCUT2D eigenvalue weighted by molar-refractivity contribution is 4.81. The normalized spacial score (nSPS) is 23.6. The molecular weight excluding hydrogens is 188 g/mol. The predicted molar refractivity (Wildman–Crippen MR) is 64.2 cm³/mol. The van der Waals surface area contributed by atoms with Gasteiger partial charge in [0.1, 0.15) is 0 Å². The van der Waals surface area contributed by atoms with Gasteiger partial charge in [0.05, 0.1) is 0 Å². The molecule has 0 spiro atoms. The number of rotatable bonds is 6. The Balaban J connectivity index is 2.17. The second-order valence-electron chi connectivity index (χ2n) is 5.54. The van der Waals surface area contributed by atoms with Crippen molar-refractivity contribution in [1.82, 2.24) is 10.2 Å². The van der Waals surface area contributed by atoms with Crippen LogP contribution in [0.25, 0.3) is 0 Å². The van der Waals surface area contributed by atoms with Gasteiger partial charge in [-0.3, -0.25) is 0 Å². The molecular formula is C12H26N2O. The van der Waals surface area contributed by atoms with Gasteiger partial charge in [0.15, 0.2) is 0 Å². The molecule has 1 aliphatic rings. The monoisotopic (exact) mass is 214 g/mol. The number of hydrogen-bond acceptors (Lipinski definition) is 3. The quantitative estimate of drug-likeness (QED) is 0.722. The van der Waals surface area contributed by atoms with Gasteiger partial charge < -0.3 is 15.0 Å². The molecule has 0 bridgehead atoms. The Kier molecular flexibility index (Phi) is 5.03. The molecule has 1 heterocycles. The fourth-order valence-corrected chi connectivity index (χ4v) is 1.99. The average molecular weight is 214 g/mol. The molecule has 1 atom stereocenters. The third-order valence-electron chi connectivity index (χ3n) is 3.24. The third-order valence-corrected chi connectivity index (χ3v) is 3.24. The van der Waals surface area contributed by atoms with E-state index in [1.54, 1.807) is 7.11 Å². The largest absolute Gasteiger partial charge is 0.385 e. The van der Waals surface area contributed by atoms with Gasteiger partial charge in [-0.1, -0.05) is 13.8 Å². The van der Waals surface area contributed by atoms with Crippen molar-refractivity contribution in [2.45, 2.75) is 32.7 Å². The van der Waals surface area contributed by atoms with Gasteiger partial charge in [-0.25, -0.2) is 0 Å². The van der Waals surface area contributed by atoms with Gasteiger partial charge in [0, 0.05) is 32.8 Å². The molecule has 0 aromatic heterocycles. The molecule has 0 amide bonds. The van der Waals surface area contributed by atoms with E-state index >= 15 is 0 Å². The molecule has 1 unspecified atom stereocenters. The summed E-state index contributed by atoms with van der Waals surface area (Å²) < 4.78 is 5.13. The fourth-order valence-electron chi connectivity index (χ4n) is 1.99. The fraction of sp³-hybridized carbons (Fsp3) is 1.00. The van der Waals surface area contributed by atoms with E-state index in [0.29, 0.717) is 11.5 Å². The SMILES string of the molecule is COCCC(C)(C)CNC1CCN(C)C1. The van der Waals surface area contributed by atoms with Crippen molar-refractivity contribution in [2.75, 3.05) is 40.4 Å². The van der Waals surface area contributed by atoms with Crippen LogP contribution in [0, 0.1) is 5.41 Å². The summed E-state index contributed by atoms with van der Waals surface area (Å²) in [6.07, 6.45) is 2.41. The zero-order valence-corrected chi connectivity index (χ0v) is 10.7. The van der Waals surface area contributed by atoms with E-state index in [0.717, 1.165) is 19.6 Å². The first kappa shape index (κ1) is 12.9. The summed E-state index contributed by atoms with van der Waals surface area (Å²) in [5.74, 6) is 0. The van der Waals surface area contributed by atoms with Crippen LogP contribution in [0.15, 0.2) is 0 Å². The molecule has 1 N–H and O–H groups in total. The van der Waals surface area contributed by atoms with Gasteiger partial charge in [-0.2, -0.15) is 0 Å². The zero-order valence-electron chi connectivity index (χ0n) is 10.7. The molecule has 0 aromatic carbocycles. The smallest absolute Gasteiger partial charge is 0.0467 e. The minimum atomic E-state index is 0.344. The maximum atomic E-state index is 5.13. The van der Waals surface area contributed by atoms with Gasteiger partial charge in [0.25, 0.3) is 0 Å². The molecule has 15 heavy (non-hydrogen) atoms. The Morgan fingerprint density at radius 2 is 2.20 bits per heavy atom. The van der Waals surface area contributed by atoms with Gasteiger partial charge in [-0.15, -0.1) is 0 Å². The lowest BCUT2D eigenvalue weighted by atomic mass is 9.89. The van der Waals surface area contributed by atoms with Gasteiger partial charge in [-0.05, 0) is 31.8 Å². The van der Waals surface area contributed by atoms with Gasteiger partial charge in [0.2, 0.25) is 0 Å². The Bertz CT molecular complexity index is 182. The maximum Gasteiger partial charge on any atom is 0.0467 e. The first-order valence-corrected chi connectivity index (χ1v) is 5.94.